The van der Waals surface area contributed by atoms with E-state index >= 15 is 0 Å². The summed E-state index contributed by atoms with van der Waals surface area (Å²) in [5.74, 6) is -0.471. The first-order valence-electron chi connectivity index (χ1n) is 15.8. The van der Waals surface area contributed by atoms with Gasteiger partial charge in [0, 0.05) is 38.3 Å². The number of hydrogen-bond acceptors (Lipinski definition) is 6. The number of benzene rings is 3. The van der Waals surface area contributed by atoms with Crippen molar-refractivity contribution in [1.29, 1.82) is 0 Å². The Hall–Kier alpha value is -3.15. The highest BCUT2D eigenvalue weighted by molar-refractivity contribution is 7.93. The zero-order chi connectivity index (χ0) is 32.4. The number of halogens is 2. The fourth-order valence-corrected chi connectivity index (χ4v) is 9.08. The summed E-state index contributed by atoms with van der Waals surface area (Å²) in [6, 6.07) is 20.4. The van der Waals surface area contributed by atoms with Crippen LogP contribution in [0.1, 0.15) is 43.7 Å². The molecule has 46 heavy (non-hydrogen) atoms. The third-order valence-electron chi connectivity index (χ3n) is 9.47. The number of nitrogens with one attached hydrogen (secondary N) is 2. The van der Waals surface area contributed by atoms with Crippen LogP contribution in [0.3, 0.4) is 0 Å². The van der Waals surface area contributed by atoms with E-state index in [2.05, 4.69) is 57.8 Å². The summed E-state index contributed by atoms with van der Waals surface area (Å²) in [7, 11) is -2.12. The molecule has 2 amide bonds. The van der Waals surface area contributed by atoms with E-state index in [1.165, 1.54) is 23.8 Å². The summed E-state index contributed by atoms with van der Waals surface area (Å²) in [5, 5.41) is 6.19. The summed E-state index contributed by atoms with van der Waals surface area (Å²) in [5.41, 5.74) is 1.97. The van der Waals surface area contributed by atoms with Gasteiger partial charge in [-0.1, -0.05) is 65.7 Å². The Labute approximate surface area is 280 Å². The number of hydrogen-bond donors (Lipinski definition) is 2. The van der Waals surface area contributed by atoms with E-state index in [4.69, 9.17) is 23.2 Å². The number of fused-ring (bicyclic) bond motifs is 1. The quantitative estimate of drug-likeness (QED) is 0.322. The van der Waals surface area contributed by atoms with Gasteiger partial charge in [0.2, 0.25) is 11.8 Å². The maximum atomic E-state index is 14.0. The van der Waals surface area contributed by atoms with E-state index in [0.29, 0.717) is 17.6 Å². The fraction of sp³-hybridized carbons (Fsp3) is 0.412. The Kier molecular flexibility index (Phi) is 9.91. The van der Waals surface area contributed by atoms with Crippen molar-refractivity contribution in [3.05, 3.63) is 88.4 Å². The van der Waals surface area contributed by atoms with Gasteiger partial charge < -0.3 is 15.5 Å². The maximum absolute atomic E-state index is 14.0. The molecule has 2 heterocycles. The zero-order valence-electron chi connectivity index (χ0n) is 25.7. The molecule has 6 rings (SSSR count). The van der Waals surface area contributed by atoms with Crippen LogP contribution >= 0.6 is 23.2 Å². The first-order chi connectivity index (χ1) is 22.1. The standard InChI is InChI=1S/C34H39Cl2N5O4S/c1-39-17-19-40(20-18-39)33(23-7-3-2-4-8-23)24-11-13-25(14-12-24)37-32(42)22-31-34(43)38-29-9-5-6-10-30(29)41(31)46(44,45)26-15-16-27(35)28(36)21-26/h2-10,15-16,21,24-25,31,33H,11-14,17-20,22H2,1H3,(H,37,42)(H,38,43). The molecule has 2 fully saturated rings. The van der Waals surface area contributed by atoms with Crippen LogP contribution in [0.15, 0.2) is 77.7 Å². The van der Waals surface area contributed by atoms with Crippen molar-refractivity contribution in [3.8, 4) is 0 Å². The van der Waals surface area contributed by atoms with Crippen LogP contribution in [0, 0.1) is 5.92 Å². The zero-order valence-corrected chi connectivity index (χ0v) is 28.1. The average Bonchev–Trinajstić information content (AvgIpc) is 3.05. The molecule has 1 saturated carbocycles. The van der Waals surface area contributed by atoms with Crippen LogP contribution in [-0.2, 0) is 19.6 Å². The molecule has 3 aromatic carbocycles. The van der Waals surface area contributed by atoms with Gasteiger partial charge in [0.05, 0.1) is 32.7 Å². The summed E-state index contributed by atoms with van der Waals surface area (Å²) in [4.78, 5) is 31.7. The third kappa shape index (κ3) is 6.92. The molecule has 2 aliphatic heterocycles. The lowest BCUT2D eigenvalue weighted by molar-refractivity contribution is -0.126. The Morgan fingerprint density at radius 2 is 1.59 bits per heavy atom. The summed E-state index contributed by atoms with van der Waals surface area (Å²) >= 11 is 12.2. The molecule has 12 heteroatoms. The molecule has 0 aromatic heterocycles. The predicted octanol–water partition coefficient (Wildman–Crippen LogP) is 5.56. The Morgan fingerprint density at radius 3 is 2.28 bits per heavy atom. The van der Waals surface area contributed by atoms with Crippen molar-refractivity contribution >= 4 is 56.4 Å². The van der Waals surface area contributed by atoms with Crippen molar-refractivity contribution in [2.24, 2.45) is 5.92 Å². The minimum Gasteiger partial charge on any atom is -0.353 e. The molecule has 0 bridgehead atoms. The normalized spacial score (nSPS) is 23.3. The molecule has 3 aliphatic rings. The summed E-state index contributed by atoms with van der Waals surface area (Å²) < 4.78 is 29.1. The molecule has 1 saturated heterocycles. The van der Waals surface area contributed by atoms with E-state index in [1.54, 1.807) is 24.3 Å². The fourth-order valence-electron chi connectivity index (χ4n) is 7.06. The Balaban J connectivity index is 1.16. The number of anilines is 2. The number of piperazine rings is 1. The van der Waals surface area contributed by atoms with Crippen LogP contribution in [0.25, 0.3) is 0 Å². The third-order valence-corrected chi connectivity index (χ3v) is 12.0. The number of nitrogens with zero attached hydrogens (tertiary/aromatic N) is 3. The number of sulfonamides is 1. The van der Waals surface area contributed by atoms with Gasteiger partial charge in [-0.25, -0.2) is 8.42 Å². The van der Waals surface area contributed by atoms with Gasteiger partial charge in [-0.05, 0) is 74.5 Å². The maximum Gasteiger partial charge on any atom is 0.265 e. The van der Waals surface area contributed by atoms with Gasteiger partial charge in [0.1, 0.15) is 6.04 Å². The lowest BCUT2D eigenvalue weighted by Crippen LogP contribution is -2.53. The second kappa shape index (κ2) is 13.9. The number of para-hydroxylation sites is 2. The molecule has 9 nitrogen and oxygen atoms in total. The van der Waals surface area contributed by atoms with Crippen LogP contribution in [-0.4, -0.2) is 75.3 Å². The van der Waals surface area contributed by atoms with Crippen LogP contribution in [0.5, 0.6) is 0 Å². The van der Waals surface area contributed by atoms with Gasteiger partial charge >= 0.3 is 0 Å². The van der Waals surface area contributed by atoms with E-state index in [1.807, 2.05) is 0 Å². The highest BCUT2D eigenvalue weighted by Gasteiger charge is 2.42. The minimum absolute atomic E-state index is 0.0493. The van der Waals surface area contributed by atoms with Gasteiger partial charge in [-0.3, -0.25) is 18.8 Å². The number of amides is 2. The van der Waals surface area contributed by atoms with Crippen LogP contribution < -0.4 is 14.9 Å². The number of carbonyl (C=O) groups is 2. The molecule has 2 unspecified atom stereocenters. The van der Waals surface area contributed by atoms with Gasteiger partial charge in [-0.15, -0.1) is 0 Å². The van der Waals surface area contributed by atoms with Gasteiger partial charge in [-0.2, -0.15) is 0 Å². The van der Waals surface area contributed by atoms with Crippen molar-refractivity contribution in [3.63, 3.8) is 0 Å². The molecule has 3 aromatic rings. The lowest BCUT2D eigenvalue weighted by Gasteiger charge is -2.44. The summed E-state index contributed by atoms with van der Waals surface area (Å²) in [6.07, 6.45) is 3.24. The smallest absolute Gasteiger partial charge is 0.265 e. The Bertz CT molecular complexity index is 1680. The highest BCUT2D eigenvalue weighted by Crippen LogP contribution is 2.40. The van der Waals surface area contributed by atoms with E-state index in [9.17, 15) is 18.0 Å². The second-order valence-electron chi connectivity index (χ2n) is 12.5. The molecule has 1 aliphatic carbocycles. The van der Waals surface area contributed by atoms with Crippen molar-refractivity contribution < 1.29 is 18.0 Å². The molecule has 2 atom stereocenters. The average molecular weight is 685 g/mol. The lowest BCUT2D eigenvalue weighted by atomic mass is 9.78. The van der Waals surface area contributed by atoms with Crippen LogP contribution in [0.4, 0.5) is 11.4 Å². The topological polar surface area (TPSA) is 102 Å². The number of carbonyl (C=O) groups excluding carboxylic acids is 2. The van der Waals surface area contributed by atoms with Crippen LogP contribution in [0.2, 0.25) is 10.0 Å². The van der Waals surface area contributed by atoms with Crippen molar-refractivity contribution in [2.45, 2.75) is 55.1 Å². The number of rotatable bonds is 8. The van der Waals surface area contributed by atoms with Crippen molar-refractivity contribution in [1.82, 2.24) is 15.1 Å². The molecule has 244 valence electrons. The minimum atomic E-state index is -4.29. The van der Waals surface area contributed by atoms with Gasteiger partial charge in [0.25, 0.3) is 10.0 Å². The molecule has 0 spiro atoms. The van der Waals surface area contributed by atoms with E-state index in [-0.39, 0.29) is 39.0 Å². The monoisotopic (exact) mass is 683 g/mol. The van der Waals surface area contributed by atoms with Gasteiger partial charge in [0.15, 0.2) is 0 Å². The first-order valence-corrected chi connectivity index (χ1v) is 18.0. The molecule has 0 radical (unpaired) electrons. The Morgan fingerprint density at radius 1 is 0.913 bits per heavy atom. The van der Waals surface area contributed by atoms with E-state index in [0.717, 1.165) is 56.2 Å². The van der Waals surface area contributed by atoms with E-state index < -0.39 is 22.0 Å². The first kappa shape index (κ1) is 32.8. The predicted molar refractivity (Wildman–Crippen MR) is 182 cm³/mol. The SMILES string of the molecule is CN1CCN(C(c2ccccc2)C2CCC(NC(=O)CC3C(=O)Nc4ccccc4N3S(=O)(=O)c3ccc(Cl)c(Cl)c3)CC2)CC1. The number of likely N-dealkylation sites (N-methyl/N-ethyl adjacent to an activating group) is 1. The summed E-state index contributed by atoms with van der Waals surface area (Å²) in [6.45, 7) is 4.15. The largest absolute Gasteiger partial charge is 0.353 e. The van der Waals surface area contributed by atoms with Crippen molar-refractivity contribution in [2.75, 3.05) is 42.8 Å². The molecule has 2 N–H and O–H groups in total. The highest BCUT2D eigenvalue weighted by atomic mass is 35.5. The molecular formula is C34H39Cl2N5O4S. The molecular weight excluding hydrogens is 645 g/mol. The second-order valence-corrected chi connectivity index (χ2v) is 15.1.